The van der Waals surface area contributed by atoms with Gasteiger partial charge in [-0.2, -0.15) is 15.2 Å². The highest BCUT2D eigenvalue weighted by atomic mass is 35.5. The Morgan fingerprint density at radius 3 is 2.96 bits per heavy atom. The second kappa shape index (κ2) is 8.48. The van der Waals surface area contributed by atoms with Gasteiger partial charge in [0.25, 0.3) is 5.91 Å². The van der Waals surface area contributed by atoms with Crippen LogP contribution in [0.25, 0.3) is 11.6 Å². The summed E-state index contributed by atoms with van der Waals surface area (Å²) in [7, 11) is 0. The van der Waals surface area contributed by atoms with Gasteiger partial charge in [0.05, 0.1) is 0 Å². The summed E-state index contributed by atoms with van der Waals surface area (Å²) >= 11 is 0. The minimum atomic E-state index is -0.425. The van der Waals surface area contributed by atoms with Gasteiger partial charge in [-0.15, -0.1) is 12.4 Å². The number of hydrogen-bond acceptors (Lipinski definition) is 8. The number of aromatic amines is 2. The Labute approximate surface area is 166 Å². The Morgan fingerprint density at radius 1 is 1.36 bits per heavy atom. The van der Waals surface area contributed by atoms with E-state index in [2.05, 4.69) is 60.0 Å². The first-order valence-corrected chi connectivity index (χ1v) is 8.89. The van der Waals surface area contributed by atoms with Gasteiger partial charge in [-0.25, -0.2) is 4.98 Å². The molecule has 4 rings (SSSR count). The standard InChI is InChI=1S/C16H21N9O2.ClH/c1-8(2)5-11(16-21-14(25-27-16)13-18-7-19-24-13)20-15(26)12-9-6-17-4-3-10(9)22-23-12;/h7-8,11,17H,3-6H2,1-2H3,(H,20,26)(H,22,23)(H,18,19,24);1H. The van der Waals surface area contributed by atoms with E-state index in [0.717, 1.165) is 24.2 Å². The largest absolute Gasteiger partial charge is 0.339 e. The zero-order valence-electron chi connectivity index (χ0n) is 15.5. The van der Waals surface area contributed by atoms with Crippen molar-refractivity contribution in [3.63, 3.8) is 0 Å². The maximum absolute atomic E-state index is 12.8. The molecule has 12 heteroatoms. The fourth-order valence-corrected chi connectivity index (χ4v) is 3.12. The van der Waals surface area contributed by atoms with E-state index in [1.54, 1.807) is 0 Å². The molecule has 0 saturated heterocycles. The molecule has 3 aromatic heterocycles. The topological polar surface area (TPSA) is 150 Å². The van der Waals surface area contributed by atoms with Crippen LogP contribution in [0.4, 0.5) is 0 Å². The minimum absolute atomic E-state index is 0. The van der Waals surface area contributed by atoms with E-state index in [4.69, 9.17) is 4.52 Å². The number of nitrogens with one attached hydrogen (secondary N) is 4. The van der Waals surface area contributed by atoms with Crippen molar-refractivity contribution in [3.05, 3.63) is 29.2 Å². The summed E-state index contributed by atoms with van der Waals surface area (Å²) in [5, 5.41) is 23.8. The fraction of sp³-hybridized carbons (Fsp3) is 0.500. The zero-order chi connectivity index (χ0) is 18.8. The van der Waals surface area contributed by atoms with Crippen LogP contribution in [0, 0.1) is 5.92 Å². The van der Waals surface area contributed by atoms with Crippen molar-refractivity contribution < 1.29 is 9.32 Å². The fourth-order valence-electron chi connectivity index (χ4n) is 3.12. The van der Waals surface area contributed by atoms with Gasteiger partial charge in [-0.1, -0.05) is 19.0 Å². The Balaban J connectivity index is 0.00000225. The van der Waals surface area contributed by atoms with E-state index in [9.17, 15) is 4.79 Å². The van der Waals surface area contributed by atoms with Crippen LogP contribution < -0.4 is 10.6 Å². The van der Waals surface area contributed by atoms with E-state index < -0.39 is 6.04 Å². The number of rotatable bonds is 6. The van der Waals surface area contributed by atoms with Crippen LogP contribution in [-0.2, 0) is 13.0 Å². The molecule has 150 valence electrons. The highest BCUT2D eigenvalue weighted by Gasteiger charge is 2.27. The Bertz CT molecular complexity index is 919. The molecular formula is C16H22ClN9O2. The third-order valence-corrected chi connectivity index (χ3v) is 4.40. The quantitative estimate of drug-likeness (QED) is 0.475. The van der Waals surface area contributed by atoms with E-state index in [1.165, 1.54) is 6.33 Å². The first-order valence-electron chi connectivity index (χ1n) is 8.89. The summed E-state index contributed by atoms with van der Waals surface area (Å²) in [5.41, 5.74) is 2.32. The molecule has 3 aromatic rings. The summed E-state index contributed by atoms with van der Waals surface area (Å²) < 4.78 is 5.38. The molecule has 0 aromatic carbocycles. The summed E-state index contributed by atoms with van der Waals surface area (Å²) in [6, 6.07) is -0.425. The van der Waals surface area contributed by atoms with Crippen LogP contribution in [0.3, 0.4) is 0 Å². The van der Waals surface area contributed by atoms with Crippen LogP contribution >= 0.6 is 12.4 Å². The van der Waals surface area contributed by atoms with Crippen molar-refractivity contribution >= 4 is 18.3 Å². The van der Waals surface area contributed by atoms with Crippen molar-refractivity contribution in [2.24, 2.45) is 5.92 Å². The summed E-state index contributed by atoms with van der Waals surface area (Å²) in [4.78, 5) is 21.2. The average molecular weight is 408 g/mol. The molecule has 0 saturated carbocycles. The summed E-state index contributed by atoms with van der Waals surface area (Å²) in [6.45, 7) is 5.62. The highest BCUT2D eigenvalue weighted by molar-refractivity contribution is 5.94. The summed E-state index contributed by atoms with van der Waals surface area (Å²) in [6.07, 6.45) is 2.84. The summed E-state index contributed by atoms with van der Waals surface area (Å²) in [5.74, 6) is 1.08. The van der Waals surface area contributed by atoms with Crippen LogP contribution in [0.15, 0.2) is 10.9 Å². The van der Waals surface area contributed by atoms with Gasteiger partial charge in [0.1, 0.15) is 12.4 Å². The van der Waals surface area contributed by atoms with Crippen molar-refractivity contribution in [2.75, 3.05) is 6.54 Å². The van der Waals surface area contributed by atoms with E-state index in [1.807, 2.05) is 0 Å². The second-order valence-corrected chi connectivity index (χ2v) is 6.90. The molecule has 1 aliphatic rings. The number of hydrogen-bond donors (Lipinski definition) is 4. The Kier molecular flexibility index (Phi) is 6.05. The molecule has 1 amide bonds. The number of nitrogens with zero attached hydrogens (tertiary/aromatic N) is 5. The molecular weight excluding hydrogens is 386 g/mol. The van der Waals surface area contributed by atoms with Gasteiger partial charge < -0.3 is 15.2 Å². The molecule has 11 nitrogen and oxygen atoms in total. The Hall–Kier alpha value is -2.79. The van der Waals surface area contributed by atoms with Gasteiger partial charge in [0.2, 0.25) is 11.7 Å². The van der Waals surface area contributed by atoms with Crippen molar-refractivity contribution in [2.45, 2.75) is 39.3 Å². The van der Waals surface area contributed by atoms with Crippen molar-refractivity contribution in [3.8, 4) is 11.6 Å². The normalized spacial score (nSPS) is 14.4. The van der Waals surface area contributed by atoms with E-state index in [0.29, 0.717) is 42.1 Å². The predicted molar refractivity (Wildman–Crippen MR) is 101 cm³/mol. The van der Waals surface area contributed by atoms with Crippen molar-refractivity contribution in [1.82, 2.24) is 46.2 Å². The van der Waals surface area contributed by atoms with Crippen LogP contribution in [0.5, 0.6) is 0 Å². The lowest BCUT2D eigenvalue weighted by atomic mass is 10.0. The molecule has 28 heavy (non-hydrogen) atoms. The first-order chi connectivity index (χ1) is 13.1. The number of aromatic nitrogens is 7. The first kappa shape index (κ1) is 20.0. The molecule has 4 N–H and O–H groups in total. The lowest BCUT2D eigenvalue weighted by molar-refractivity contribution is 0.0916. The second-order valence-electron chi connectivity index (χ2n) is 6.90. The number of carbonyl (C=O) groups excluding carboxylic acids is 1. The molecule has 0 radical (unpaired) electrons. The minimum Gasteiger partial charge on any atom is -0.339 e. The average Bonchev–Trinajstić information content (AvgIpc) is 3.39. The van der Waals surface area contributed by atoms with Gasteiger partial charge in [-0.3, -0.25) is 15.0 Å². The van der Waals surface area contributed by atoms with Gasteiger partial charge in [0.15, 0.2) is 11.5 Å². The van der Waals surface area contributed by atoms with E-state index >= 15 is 0 Å². The third kappa shape index (κ3) is 4.04. The Morgan fingerprint density at radius 2 is 2.21 bits per heavy atom. The number of carbonyl (C=O) groups is 1. The molecule has 0 aliphatic carbocycles. The number of H-pyrrole nitrogens is 2. The maximum atomic E-state index is 12.8. The van der Waals surface area contributed by atoms with Crippen LogP contribution in [0.2, 0.25) is 0 Å². The van der Waals surface area contributed by atoms with Crippen LogP contribution in [-0.4, -0.2) is 48.0 Å². The van der Waals surface area contributed by atoms with Gasteiger partial charge in [0, 0.05) is 30.8 Å². The lowest BCUT2D eigenvalue weighted by Gasteiger charge is -2.17. The third-order valence-electron chi connectivity index (χ3n) is 4.40. The number of halogens is 1. The zero-order valence-corrected chi connectivity index (χ0v) is 16.3. The molecule has 0 fully saturated rings. The number of amides is 1. The maximum Gasteiger partial charge on any atom is 0.272 e. The lowest BCUT2D eigenvalue weighted by Crippen LogP contribution is -2.32. The monoisotopic (exact) mass is 407 g/mol. The SMILES string of the molecule is CC(C)CC(NC(=O)c1n[nH]c2c1CNCC2)c1nc(-c2ncn[nH]2)no1.Cl. The molecule has 1 aliphatic heterocycles. The molecule has 0 bridgehead atoms. The highest BCUT2D eigenvalue weighted by Crippen LogP contribution is 2.23. The van der Waals surface area contributed by atoms with Gasteiger partial charge >= 0.3 is 0 Å². The molecule has 1 unspecified atom stereocenters. The van der Waals surface area contributed by atoms with Crippen LogP contribution in [0.1, 0.15) is 53.9 Å². The smallest absolute Gasteiger partial charge is 0.272 e. The number of fused-ring (bicyclic) bond motifs is 1. The van der Waals surface area contributed by atoms with Gasteiger partial charge in [-0.05, 0) is 12.3 Å². The molecule has 1 atom stereocenters. The molecule has 4 heterocycles. The van der Waals surface area contributed by atoms with E-state index in [-0.39, 0.29) is 18.3 Å². The predicted octanol–water partition coefficient (Wildman–Crippen LogP) is 1.16. The molecule has 0 spiro atoms. The van der Waals surface area contributed by atoms with Crippen molar-refractivity contribution in [1.29, 1.82) is 0 Å².